The van der Waals surface area contributed by atoms with Crippen LogP contribution >= 0.6 is 47.8 Å². The first kappa shape index (κ1) is 20.7. The molecular formula is C17H15Br3N2O4. The van der Waals surface area contributed by atoms with Crippen molar-refractivity contribution in [1.29, 1.82) is 0 Å². The zero-order chi connectivity index (χ0) is 19.3. The summed E-state index contributed by atoms with van der Waals surface area (Å²) in [7, 11) is 0. The van der Waals surface area contributed by atoms with Crippen LogP contribution in [0.2, 0.25) is 0 Å². The molecule has 0 fully saturated rings. The number of oxime groups is 1. The molecule has 0 spiro atoms. The molecule has 0 saturated heterocycles. The van der Waals surface area contributed by atoms with Crippen molar-refractivity contribution in [2.24, 2.45) is 5.16 Å². The molecule has 0 aliphatic heterocycles. The molecule has 0 aliphatic rings. The molecule has 0 radical (unpaired) electrons. The lowest BCUT2D eigenvalue weighted by Crippen LogP contribution is -2.33. The smallest absolute Gasteiger partial charge is 0.269 e. The number of carbonyl (C=O) groups is 1. The third-order valence-electron chi connectivity index (χ3n) is 3.54. The maximum absolute atomic E-state index is 12.2. The molecule has 4 N–H and O–H groups in total. The zero-order valence-corrected chi connectivity index (χ0v) is 18.1. The van der Waals surface area contributed by atoms with Crippen LogP contribution in [0.4, 0.5) is 0 Å². The van der Waals surface area contributed by atoms with Crippen LogP contribution in [0.15, 0.2) is 48.9 Å². The fourth-order valence-electron chi connectivity index (χ4n) is 2.20. The lowest BCUT2D eigenvalue weighted by Gasteiger charge is -2.09. The van der Waals surface area contributed by atoms with Crippen molar-refractivity contribution in [3.8, 4) is 11.5 Å². The van der Waals surface area contributed by atoms with Gasteiger partial charge in [0.2, 0.25) is 0 Å². The van der Waals surface area contributed by atoms with Crippen molar-refractivity contribution in [3.05, 3.63) is 54.9 Å². The van der Waals surface area contributed by atoms with E-state index in [0.717, 1.165) is 5.56 Å². The van der Waals surface area contributed by atoms with Crippen LogP contribution in [0, 0.1) is 0 Å². The Morgan fingerprint density at radius 3 is 2.19 bits per heavy atom. The normalized spacial score (nSPS) is 11.4. The highest BCUT2D eigenvalue weighted by atomic mass is 79.9. The fourth-order valence-corrected chi connectivity index (χ4v) is 3.91. The molecule has 0 heterocycles. The predicted molar refractivity (Wildman–Crippen MR) is 109 cm³/mol. The van der Waals surface area contributed by atoms with E-state index in [9.17, 15) is 15.0 Å². The largest absolute Gasteiger partial charge is 0.507 e. The van der Waals surface area contributed by atoms with Crippen LogP contribution in [-0.4, -0.2) is 33.6 Å². The molecule has 6 nitrogen and oxygen atoms in total. The van der Waals surface area contributed by atoms with E-state index in [2.05, 4.69) is 58.3 Å². The summed E-state index contributed by atoms with van der Waals surface area (Å²) < 4.78 is 1.61. The van der Waals surface area contributed by atoms with Crippen molar-refractivity contribution >= 4 is 59.4 Å². The second-order valence-electron chi connectivity index (χ2n) is 5.42. The first-order valence-electron chi connectivity index (χ1n) is 7.45. The number of amides is 1. The summed E-state index contributed by atoms with van der Waals surface area (Å²) >= 11 is 9.72. The lowest BCUT2D eigenvalue weighted by molar-refractivity contribution is -0.115. The van der Waals surface area contributed by atoms with Crippen molar-refractivity contribution < 1.29 is 20.2 Å². The summed E-state index contributed by atoms with van der Waals surface area (Å²) in [5.74, 6) is -0.270. The zero-order valence-electron chi connectivity index (χ0n) is 13.3. The van der Waals surface area contributed by atoms with Crippen LogP contribution in [0.5, 0.6) is 11.5 Å². The van der Waals surface area contributed by atoms with E-state index in [1.165, 1.54) is 6.07 Å². The van der Waals surface area contributed by atoms with E-state index in [1.807, 2.05) is 0 Å². The highest BCUT2D eigenvalue weighted by Crippen LogP contribution is 2.33. The number of carbonyl (C=O) groups excluding carboxylic acids is 1. The van der Waals surface area contributed by atoms with Gasteiger partial charge >= 0.3 is 0 Å². The molecule has 0 aromatic heterocycles. The van der Waals surface area contributed by atoms with Gasteiger partial charge < -0.3 is 20.7 Å². The van der Waals surface area contributed by atoms with Gasteiger partial charge in [-0.3, -0.25) is 4.79 Å². The van der Waals surface area contributed by atoms with Gasteiger partial charge in [0.05, 0.1) is 13.4 Å². The maximum Gasteiger partial charge on any atom is 0.269 e. The lowest BCUT2D eigenvalue weighted by atomic mass is 10.1. The van der Waals surface area contributed by atoms with Gasteiger partial charge in [0.25, 0.3) is 5.91 Å². The van der Waals surface area contributed by atoms with Gasteiger partial charge in [-0.15, -0.1) is 0 Å². The molecule has 138 valence electrons. The molecule has 2 aromatic rings. The monoisotopic (exact) mass is 548 g/mol. The minimum absolute atomic E-state index is 0.0318. The second-order valence-corrected chi connectivity index (χ2v) is 7.99. The number of hydrogen-bond donors (Lipinski definition) is 4. The van der Waals surface area contributed by atoms with Crippen LogP contribution < -0.4 is 5.32 Å². The van der Waals surface area contributed by atoms with Crippen LogP contribution in [0.25, 0.3) is 0 Å². The summed E-state index contributed by atoms with van der Waals surface area (Å²) in [6.07, 6.45) is 0.657. The van der Waals surface area contributed by atoms with Gasteiger partial charge in [0.15, 0.2) is 0 Å². The van der Waals surface area contributed by atoms with Gasteiger partial charge in [0.1, 0.15) is 17.2 Å². The van der Waals surface area contributed by atoms with E-state index < -0.39 is 5.91 Å². The predicted octanol–water partition coefficient (Wildman–Crippen LogP) is 4.12. The van der Waals surface area contributed by atoms with Crippen LogP contribution in [-0.2, 0) is 17.6 Å². The average Bonchev–Trinajstić information content (AvgIpc) is 2.60. The first-order valence-corrected chi connectivity index (χ1v) is 9.83. The fraction of sp³-hybridized carbons (Fsp3) is 0.176. The van der Waals surface area contributed by atoms with Crippen LogP contribution in [0.1, 0.15) is 11.1 Å². The van der Waals surface area contributed by atoms with Crippen molar-refractivity contribution in [1.82, 2.24) is 5.32 Å². The van der Waals surface area contributed by atoms with Crippen LogP contribution in [0.3, 0.4) is 0 Å². The van der Waals surface area contributed by atoms with Gasteiger partial charge in [-0.25, -0.2) is 0 Å². The Kier molecular flexibility index (Phi) is 7.48. The van der Waals surface area contributed by atoms with E-state index in [1.54, 1.807) is 24.3 Å². The summed E-state index contributed by atoms with van der Waals surface area (Å²) in [6, 6.07) is 8.32. The minimum Gasteiger partial charge on any atom is -0.507 e. The summed E-state index contributed by atoms with van der Waals surface area (Å²) in [5, 5.41) is 34.1. The summed E-state index contributed by atoms with van der Waals surface area (Å²) in [4.78, 5) is 12.2. The minimum atomic E-state index is -0.478. The third kappa shape index (κ3) is 5.46. The highest BCUT2D eigenvalue weighted by molar-refractivity contribution is 9.11. The molecule has 1 amide bonds. The number of halogens is 3. The molecule has 0 unspecified atom stereocenters. The number of aromatic hydroxyl groups is 2. The second kappa shape index (κ2) is 9.38. The number of benzene rings is 2. The molecule has 2 aromatic carbocycles. The Balaban J connectivity index is 1.94. The standard InChI is InChI=1S/C17H15Br3N2O4/c18-11-5-9(1-2-15(11)23)8-14(22-26)17(25)21-4-3-10-6-12(19)16(24)13(20)7-10/h1-2,5-7,23-24,26H,3-4,8H2,(H,21,25). The maximum atomic E-state index is 12.2. The highest BCUT2D eigenvalue weighted by Gasteiger charge is 2.14. The number of rotatable bonds is 6. The Hall–Kier alpha value is -1.58. The molecule has 0 saturated carbocycles. The molecule has 0 aliphatic carbocycles. The number of nitrogens with one attached hydrogen (secondary N) is 1. The first-order chi connectivity index (χ1) is 12.3. The van der Waals surface area contributed by atoms with Crippen molar-refractivity contribution in [2.75, 3.05) is 6.54 Å². The Bertz CT molecular complexity index is 833. The van der Waals surface area contributed by atoms with Crippen molar-refractivity contribution in [3.63, 3.8) is 0 Å². The summed E-state index contributed by atoms with van der Waals surface area (Å²) in [6.45, 7) is 0.334. The Morgan fingerprint density at radius 1 is 1.00 bits per heavy atom. The molecule has 26 heavy (non-hydrogen) atoms. The van der Waals surface area contributed by atoms with Gasteiger partial charge in [-0.2, -0.15) is 0 Å². The third-order valence-corrected chi connectivity index (χ3v) is 5.39. The number of phenols is 2. The Morgan fingerprint density at radius 2 is 1.62 bits per heavy atom. The van der Waals surface area contributed by atoms with E-state index in [4.69, 9.17) is 5.21 Å². The molecular weight excluding hydrogens is 536 g/mol. The van der Waals surface area contributed by atoms with Gasteiger partial charge in [-0.05, 0) is 89.6 Å². The average molecular weight is 551 g/mol. The summed E-state index contributed by atoms with van der Waals surface area (Å²) in [5.41, 5.74) is 1.59. The van der Waals surface area contributed by atoms with Crippen molar-refractivity contribution in [2.45, 2.75) is 12.8 Å². The van der Waals surface area contributed by atoms with Gasteiger partial charge in [0, 0.05) is 13.0 Å². The van der Waals surface area contributed by atoms with E-state index >= 15 is 0 Å². The Labute approximate surface area is 175 Å². The number of hydrogen-bond acceptors (Lipinski definition) is 5. The number of nitrogens with zero attached hydrogens (tertiary/aromatic N) is 1. The van der Waals surface area contributed by atoms with E-state index in [0.29, 0.717) is 31.9 Å². The van der Waals surface area contributed by atoms with Gasteiger partial charge in [-0.1, -0.05) is 11.2 Å². The molecule has 0 atom stereocenters. The quantitative estimate of drug-likeness (QED) is 0.247. The molecule has 9 heteroatoms. The topological polar surface area (TPSA) is 102 Å². The van der Waals surface area contributed by atoms with E-state index in [-0.39, 0.29) is 23.6 Å². The number of phenolic OH excluding ortho intramolecular Hbond substituents is 2. The molecule has 2 rings (SSSR count). The molecule has 0 bridgehead atoms. The SMILES string of the molecule is O=C(NCCc1cc(Br)c(O)c(Br)c1)C(Cc1ccc(O)c(Br)c1)=NO.